The average molecular weight is 135 g/mol. The van der Waals surface area contributed by atoms with E-state index in [4.69, 9.17) is 0 Å². The molecule has 0 unspecified atom stereocenters. The second kappa shape index (κ2) is 1.73. The zero-order chi connectivity index (χ0) is 6.97. The van der Waals surface area contributed by atoms with E-state index in [1.165, 1.54) is 6.33 Å². The quantitative estimate of drug-likeness (QED) is 0.503. The fourth-order valence-electron chi connectivity index (χ4n) is 0.763. The molecule has 2 rings (SSSR count). The van der Waals surface area contributed by atoms with Gasteiger partial charge in [0.2, 0.25) is 0 Å². The molecule has 0 radical (unpaired) electrons. The highest BCUT2D eigenvalue weighted by molar-refractivity contribution is 5.23. The van der Waals surface area contributed by atoms with Gasteiger partial charge < -0.3 is 0 Å². The molecule has 0 fully saturated rings. The molecule has 0 saturated carbocycles. The van der Waals surface area contributed by atoms with E-state index in [-0.39, 0.29) is 0 Å². The Morgan fingerprint density at radius 1 is 1.40 bits per heavy atom. The van der Waals surface area contributed by atoms with Crippen LogP contribution in [-0.4, -0.2) is 24.6 Å². The first-order valence-corrected chi connectivity index (χ1v) is 2.85. The van der Waals surface area contributed by atoms with E-state index in [9.17, 15) is 0 Å². The second-order valence-electron chi connectivity index (χ2n) is 1.93. The summed E-state index contributed by atoms with van der Waals surface area (Å²) in [4.78, 5) is 7.70. The summed E-state index contributed by atoms with van der Waals surface area (Å²) in [5, 5.41) is 7.59. The molecular weight excluding hydrogens is 130 g/mol. The Bertz CT molecular complexity index is 352. The molecule has 50 valence electrons. The number of hydrogen-bond acceptors (Lipinski definition) is 4. The van der Waals surface area contributed by atoms with Gasteiger partial charge in [-0.1, -0.05) is 0 Å². The van der Waals surface area contributed by atoms with Crippen LogP contribution in [0.4, 0.5) is 0 Å². The van der Waals surface area contributed by atoms with Crippen molar-refractivity contribution in [3.05, 3.63) is 18.5 Å². The molecule has 0 N–H and O–H groups in total. The number of aryl methyl sites for hydroxylation is 1. The van der Waals surface area contributed by atoms with Gasteiger partial charge in [-0.2, -0.15) is 4.98 Å². The van der Waals surface area contributed by atoms with Crippen LogP contribution in [0.5, 0.6) is 0 Å². The first-order valence-electron chi connectivity index (χ1n) is 2.85. The van der Waals surface area contributed by atoms with Crippen LogP contribution in [0.3, 0.4) is 0 Å². The lowest BCUT2D eigenvalue weighted by molar-refractivity contribution is 0.963. The Morgan fingerprint density at radius 3 is 3.10 bits per heavy atom. The van der Waals surface area contributed by atoms with E-state index in [2.05, 4.69) is 20.2 Å². The minimum Gasteiger partial charge on any atom is -0.253 e. The maximum Gasteiger partial charge on any atom is 0.257 e. The highest BCUT2D eigenvalue weighted by Crippen LogP contribution is 1.93. The zero-order valence-electron chi connectivity index (χ0n) is 5.39. The Labute approximate surface area is 56.8 Å². The first-order chi connectivity index (χ1) is 4.88. The van der Waals surface area contributed by atoms with Gasteiger partial charge in [0.15, 0.2) is 0 Å². The number of rotatable bonds is 0. The highest BCUT2D eigenvalue weighted by atomic mass is 15.3. The molecule has 0 aliphatic carbocycles. The summed E-state index contributed by atoms with van der Waals surface area (Å²) in [7, 11) is 0. The number of nitrogens with zero attached hydrogens (tertiary/aromatic N) is 5. The molecule has 0 bridgehead atoms. The Balaban J connectivity index is 2.93. The summed E-state index contributed by atoms with van der Waals surface area (Å²) in [5.41, 5.74) is 0. The van der Waals surface area contributed by atoms with Crippen LogP contribution in [0.1, 0.15) is 5.82 Å². The molecule has 5 nitrogen and oxygen atoms in total. The lowest BCUT2D eigenvalue weighted by atomic mass is 10.7. The van der Waals surface area contributed by atoms with Crippen LogP contribution in [-0.2, 0) is 0 Å². The topological polar surface area (TPSA) is 56.0 Å². The Kier molecular flexibility index (Phi) is 0.913. The summed E-state index contributed by atoms with van der Waals surface area (Å²) in [6.07, 6.45) is 3.08. The molecule has 0 saturated heterocycles. The first kappa shape index (κ1) is 5.28. The van der Waals surface area contributed by atoms with Crippen molar-refractivity contribution >= 4 is 5.78 Å². The Hall–Kier alpha value is -1.52. The number of aromatic nitrogens is 5. The molecule has 0 spiro atoms. The van der Waals surface area contributed by atoms with Gasteiger partial charge in [0.1, 0.15) is 18.5 Å². The van der Waals surface area contributed by atoms with E-state index in [0.717, 1.165) is 5.82 Å². The van der Waals surface area contributed by atoms with E-state index in [0.29, 0.717) is 5.78 Å². The third-order valence-electron chi connectivity index (χ3n) is 1.27. The van der Waals surface area contributed by atoms with Crippen molar-refractivity contribution < 1.29 is 0 Å². The summed E-state index contributed by atoms with van der Waals surface area (Å²) >= 11 is 0. The summed E-state index contributed by atoms with van der Waals surface area (Å²) < 4.78 is 1.72. The molecule has 2 aromatic heterocycles. The van der Waals surface area contributed by atoms with Gasteiger partial charge in [-0.15, -0.1) is 10.2 Å². The highest BCUT2D eigenvalue weighted by Gasteiger charge is 1.97. The van der Waals surface area contributed by atoms with Crippen LogP contribution < -0.4 is 0 Å². The molecule has 0 atom stereocenters. The summed E-state index contributed by atoms with van der Waals surface area (Å²) in [5.74, 6) is 1.39. The third-order valence-corrected chi connectivity index (χ3v) is 1.27. The third kappa shape index (κ3) is 0.570. The van der Waals surface area contributed by atoms with Gasteiger partial charge >= 0.3 is 0 Å². The lowest BCUT2D eigenvalue weighted by Gasteiger charge is -1.87. The normalized spacial score (nSPS) is 10.5. The van der Waals surface area contributed by atoms with Crippen molar-refractivity contribution in [3.63, 3.8) is 0 Å². The van der Waals surface area contributed by atoms with Crippen LogP contribution in [0.2, 0.25) is 0 Å². The Morgan fingerprint density at radius 2 is 2.30 bits per heavy atom. The van der Waals surface area contributed by atoms with Crippen molar-refractivity contribution in [2.24, 2.45) is 0 Å². The SMILES string of the molecule is Cc1nnc2ncncn12. The minimum absolute atomic E-state index is 0.590. The number of fused-ring (bicyclic) bond motifs is 1. The minimum atomic E-state index is 0.590. The van der Waals surface area contributed by atoms with Gasteiger partial charge in [-0.05, 0) is 6.92 Å². The molecule has 2 heterocycles. The zero-order valence-corrected chi connectivity index (χ0v) is 5.39. The molecule has 2 aromatic rings. The summed E-state index contributed by atoms with van der Waals surface area (Å²) in [6.45, 7) is 1.85. The fourth-order valence-corrected chi connectivity index (χ4v) is 0.763. The molecule has 10 heavy (non-hydrogen) atoms. The smallest absolute Gasteiger partial charge is 0.253 e. The maximum absolute atomic E-state index is 3.88. The van der Waals surface area contributed by atoms with Crippen LogP contribution in [0.25, 0.3) is 5.78 Å². The van der Waals surface area contributed by atoms with Gasteiger partial charge in [0, 0.05) is 0 Å². The lowest BCUT2D eigenvalue weighted by Crippen LogP contribution is -1.90. The van der Waals surface area contributed by atoms with Gasteiger partial charge in [-0.3, -0.25) is 4.40 Å². The predicted octanol–water partition coefficient (Wildman–Crippen LogP) is -0.172. The van der Waals surface area contributed by atoms with Crippen molar-refractivity contribution in [1.29, 1.82) is 0 Å². The predicted molar refractivity (Wildman–Crippen MR) is 33.3 cm³/mol. The van der Waals surface area contributed by atoms with Gasteiger partial charge in [-0.25, -0.2) is 4.98 Å². The standard InChI is InChI=1S/C5H5N5/c1-4-8-9-5-7-2-6-3-10(4)5/h2-3H,1H3. The van der Waals surface area contributed by atoms with Gasteiger partial charge in [0.05, 0.1) is 0 Å². The molecule has 0 aromatic carbocycles. The molecule has 0 aliphatic heterocycles. The van der Waals surface area contributed by atoms with Crippen molar-refractivity contribution in [2.75, 3.05) is 0 Å². The molecule has 0 aliphatic rings. The van der Waals surface area contributed by atoms with E-state index < -0.39 is 0 Å². The molecule has 5 heteroatoms. The van der Waals surface area contributed by atoms with Crippen molar-refractivity contribution in [1.82, 2.24) is 24.6 Å². The van der Waals surface area contributed by atoms with Crippen molar-refractivity contribution in [3.8, 4) is 0 Å². The van der Waals surface area contributed by atoms with E-state index in [1.54, 1.807) is 10.7 Å². The fraction of sp³-hybridized carbons (Fsp3) is 0.200. The number of hydrogen-bond donors (Lipinski definition) is 0. The van der Waals surface area contributed by atoms with Crippen LogP contribution >= 0.6 is 0 Å². The van der Waals surface area contributed by atoms with Gasteiger partial charge in [0.25, 0.3) is 5.78 Å². The average Bonchev–Trinajstić information content (AvgIpc) is 2.34. The van der Waals surface area contributed by atoms with E-state index >= 15 is 0 Å². The largest absolute Gasteiger partial charge is 0.257 e. The second-order valence-corrected chi connectivity index (χ2v) is 1.93. The monoisotopic (exact) mass is 135 g/mol. The summed E-state index contributed by atoms with van der Waals surface area (Å²) in [6, 6.07) is 0. The van der Waals surface area contributed by atoms with Crippen LogP contribution in [0.15, 0.2) is 12.7 Å². The van der Waals surface area contributed by atoms with Crippen LogP contribution in [0, 0.1) is 6.92 Å². The van der Waals surface area contributed by atoms with Crippen molar-refractivity contribution in [2.45, 2.75) is 6.92 Å². The van der Waals surface area contributed by atoms with E-state index in [1.807, 2.05) is 6.92 Å². The maximum atomic E-state index is 3.88. The molecule has 0 amide bonds. The molecular formula is C5H5N5.